The lowest BCUT2D eigenvalue weighted by molar-refractivity contribution is 0.0719. The van der Waals surface area contributed by atoms with Crippen LogP contribution in [0.25, 0.3) is 0 Å². The Labute approximate surface area is 178 Å². The third-order valence-electron chi connectivity index (χ3n) is 4.80. The number of nitrogens with zero attached hydrogens (tertiary/aromatic N) is 1. The van der Waals surface area contributed by atoms with Crippen LogP contribution in [0, 0.1) is 0 Å². The number of anilines is 1. The minimum Gasteiger partial charge on any atom is -0.493 e. The number of nitrogen functional groups attached to an aromatic ring is 1. The number of rotatable bonds is 7. The van der Waals surface area contributed by atoms with Gasteiger partial charge in [-0.15, -0.1) is 0 Å². The van der Waals surface area contributed by atoms with Crippen molar-refractivity contribution in [3.8, 4) is 11.5 Å². The molecule has 0 spiro atoms. The molecule has 3 rings (SSSR count). The topological polar surface area (TPSA) is 98.9 Å². The molecular formula is C20H23BrN2O5S. The van der Waals surface area contributed by atoms with Crippen LogP contribution in [0.5, 0.6) is 11.5 Å². The van der Waals surface area contributed by atoms with Gasteiger partial charge in [0.15, 0.2) is 11.5 Å². The van der Waals surface area contributed by atoms with E-state index in [-0.39, 0.29) is 18.2 Å². The van der Waals surface area contributed by atoms with Gasteiger partial charge in [0.2, 0.25) is 0 Å². The summed E-state index contributed by atoms with van der Waals surface area (Å²) in [6.45, 7) is 2.53. The molecule has 0 aromatic heterocycles. The molecule has 9 heteroatoms. The molecule has 2 aromatic rings. The fourth-order valence-electron chi connectivity index (χ4n) is 3.51. The largest absolute Gasteiger partial charge is 0.493 e. The highest BCUT2D eigenvalue weighted by Crippen LogP contribution is 2.40. The molecule has 1 atom stereocenters. The Bertz CT molecular complexity index is 1060. The highest BCUT2D eigenvalue weighted by molar-refractivity contribution is 9.10. The minimum absolute atomic E-state index is 0.220. The van der Waals surface area contributed by atoms with Crippen LogP contribution in [0.15, 0.2) is 34.8 Å². The number of benzene rings is 2. The standard InChI is InChI=1S/C20H23BrN2O5S/c1-4-28-18-9-12(5-8-17(18)27-2)16(11-29(3,25)26)23-10-13-14(21)6-7-15(22)19(13)20(23)24/h5-9,16H,4,10-11,22H2,1-3H3. The van der Waals surface area contributed by atoms with E-state index in [0.717, 1.165) is 16.3 Å². The van der Waals surface area contributed by atoms with Crippen LogP contribution in [0.2, 0.25) is 0 Å². The van der Waals surface area contributed by atoms with Crippen LogP contribution in [0.4, 0.5) is 5.69 Å². The van der Waals surface area contributed by atoms with Crippen LogP contribution in [0.3, 0.4) is 0 Å². The first-order chi connectivity index (χ1) is 13.7. The first-order valence-corrected chi connectivity index (χ1v) is 11.9. The number of halogens is 1. The van der Waals surface area contributed by atoms with E-state index in [4.69, 9.17) is 15.2 Å². The molecule has 7 nitrogen and oxygen atoms in total. The first-order valence-electron chi connectivity index (χ1n) is 9.02. The number of sulfone groups is 1. The van der Waals surface area contributed by atoms with Crippen LogP contribution in [-0.2, 0) is 16.4 Å². The van der Waals surface area contributed by atoms with Crippen LogP contribution < -0.4 is 15.2 Å². The van der Waals surface area contributed by atoms with Gasteiger partial charge < -0.3 is 20.1 Å². The van der Waals surface area contributed by atoms with E-state index in [1.54, 1.807) is 35.2 Å². The summed E-state index contributed by atoms with van der Waals surface area (Å²) in [7, 11) is -1.86. The second-order valence-corrected chi connectivity index (χ2v) is 9.91. The van der Waals surface area contributed by atoms with Gasteiger partial charge in [-0.25, -0.2) is 8.42 Å². The number of methoxy groups -OCH3 is 1. The summed E-state index contributed by atoms with van der Waals surface area (Å²) in [6.07, 6.45) is 1.16. The maximum absolute atomic E-state index is 13.2. The average Bonchev–Trinajstić information content (AvgIpc) is 3.01. The van der Waals surface area contributed by atoms with Crippen molar-refractivity contribution in [1.82, 2.24) is 4.90 Å². The van der Waals surface area contributed by atoms with Gasteiger partial charge in [-0.05, 0) is 36.8 Å². The maximum Gasteiger partial charge on any atom is 0.257 e. The molecule has 0 radical (unpaired) electrons. The molecule has 0 fully saturated rings. The second kappa shape index (κ2) is 8.23. The summed E-state index contributed by atoms with van der Waals surface area (Å²) >= 11 is 3.47. The first kappa shape index (κ1) is 21.4. The summed E-state index contributed by atoms with van der Waals surface area (Å²) in [5.41, 5.74) is 8.23. The lowest BCUT2D eigenvalue weighted by Crippen LogP contribution is -2.33. The van der Waals surface area contributed by atoms with Crippen molar-refractivity contribution >= 4 is 37.4 Å². The predicted octanol–water partition coefficient (Wildman–Crippen LogP) is 3.18. The molecule has 2 N–H and O–H groups in total. The summed E-state index contributed by atoms with van der Waals surface area (Å²) in [5, 5.41) is 0. The number of hydrogen-bond donors (Lipinski definition) is 1. The van der Waals surface area contributed by atoms with E-state index in [9.17, 15) is 13.2 Å². The number of carbonyl (C=O) groups is 1. The van der Waals surface area contributed by atoms with Gasteiger partial charge in [-0.1, -0.05) is 22.0 Å². The van der Waals surface area contributed by atoms with E-state index in [1.807, 2.05) is 6.92 Å². The van der Waals surface area contributed by atoms with Gasteiger partial charge in [0.05, 0.1) is 31.1 Å². The number of ether oxygens (including phenoxy) is 2. The third kappa shape index (κ3) is 4.35. The van der Waals surface area contributed by atoms with Gasteiger partial charge in [0.25, 0.3) is 5.91 Å². The van der Waals surface area contributed by atoms with Gasteiger partial charge in [0.1, 0.15) is 9.84 Å². The molecule has 29 heavy (non-hydrogen) atoms. The van der Waals surface area contributed by atoms with Crippen LogP contribution in [0.1, 0.15) is 34.5 Å². The zero-order valence-corrected chi connectivity index (χ0v) is 18.8. The average molecular weight is 483 g/mol. The Morgan fingerprint density at radius 1 is 1.24 bits per heavy atom. The molecule has 1 unspecified atom stereocenters. The normalized spacial score (nSPS) is 14.6. The Morgan fingerprint density at radius 2 is 1.97 bits per heavy atom. The number of nitrogens with two attached hydrogens (primary N) is 1. The van der Waals surface area contributed by atoms with Gasteiger partial charge >= 0.3 is 0 Å². The molecule has 2 aromatic carbocycles. The van der Waals surface area contributed by atoms with Crippen LogP contribution >= 0.6 is 15.9 Å². The lowest BCUT2D eigenvalue weighted by atomic mass is 10.1. The molecule has 1 heterocycles. The molecule has 0 bridgehead atoms. The van der Waals surface area contributed by atoms with Crippen LogP contribution in [-0.4, -0.2) is 45.0 Å². The van der Waals surface area contributed by atoms with E-state index < -0.39 is 15.9 Å². The molecule has 0 saturated carbocycles. The summed E-state index contributed by atoms with van der Waals surface area (Å²) in [4.78, 5) is 14.7. The molecule has 1 aliphatic rings. The zero-order chi connectivity index (χ0) is 21.3. The maximum atomic E-state index is 13.2. The highest BCUT2D eigenvalue weighted by Gasteiger charge is 2.37. The monoisotopic (exact) mass is 482 g/mol. The van der Waals surface area contributed by atoms with Crippen molar-refractivity contribution in [2.24, 2.45) is 0 Å². The van der Waals surface area contributed by atoms with Crippen molar-refractivity contribution < 1.29 is 22.7 Å². The van der Waals surface area contributed by atoms with Gasteiger partial charge in [-0.3, -0.25) is 4.79 Å². The summed E-state index contributed by atoms with van der Waals surface area (Å²) in [6, 6.07) is 7.96. The Balaban J connectivity index is 2.08. The quantitative estimate of drug-likeness (QED) is 0.608. The second-order valence-electron chi connectivity index (χ2n) is 6.87. The summed E-state index contributed by atoms with van der Waals surface area (Å²) in [5.74, 6) is 0.524. The number of amides is 1. The zero-order valence-electron chi connectivity index (χ0n) is 16.4. The fourth-order valence-corrected chi connectivity index (χ4v) is 4.91. The van der Waals surface area contributed by atoms with Crippen molar-refractivity contribution in [1.29, 1.82) is 0 Å². The van der Waals surface area contributed by atoms with Crippen molar-refractivity contribution in [2.75, 3.05) is 31.5 Å². The van der Waals surface area contributed by atoms with Crippen molar-refractivity contribution in [2.45, 2.75) is 19.5 Å². The summed E-state index contributed by atoms with van der Waals surface area (Å²) < 4.78 is 36.1. The minimum atomic E-state index is -3.39. The SMILES string of the molecule is CCOc1cc(C(CS(C)(=O)=O)N2Cc3c(Br)ccc(N)c3C2=O)ccc1OC. The van der Waals surface area contributed by atoms with Gasteiger partial charge in [0, 0.05) is 28.5 Å². The van der Waals surface area contributed by atoms with E-state index >= 15 is 0 Å². The lowest BCUT2D eigenvalue weighted by Gasteiger charge is -2.28. The molecule has 0 saturated heterocycles. The fraction of sp³-hybridized carbons (Fsp3) is 0.350. The van der Waals surface area contributed by atoms with Gasteiger partial charge in [-0.2, -0.15) is 0 Å². The molecular weight excluding hydrogens is 460 g/mol. The molecule has 1 amide bonds. The Kier molecular flexibility index (Phi) is 6.09. The number of fused-ring (bicyclic) bond motifs is 1. The molecule has 1 aliphatic heterocycles. The van der Waals surface area contributed by atoms with Crippen molar-refractivity contribution in [3.05, 3.63) is 51.5 Å². The Morgan fingerprint density at radius 3 is 2.55 bits per heavy atom. The smallest absolute Gasteiger partial charge is 0.257 e. The van der Waals surface area contributed by atoms with Crippen molar-refractivity contribution in [3.63, 3.8) is 0 Å². The van der Waals surface area contributed by atoms with E-state index in [2.05, 4.69) is 15.9 Å². The number of carbonyl (C=O) groups excluding carboxylic acids is 1. The third-order valence-corrected chi connectivity index (χ3v) is 6.46. The highest BCUT2D eigenvalue weighted by atomic mass is 79.9. The van der Waals surface area contributed by atoms with E-state index in [0.29, 0.717) is 34.9 Å². The molecule has 156 valence electrons. The molecule has 0 aliphatic carbocycles. The predicted molar refractivity (Wildman–Crippen MR) is 115 cm³/mol. The number of hydrogen-bond acceptors (Lipinski definition) is 6. The Hall–Kier alpha value is -2.26. The van der Waals surface area contributed by atoms with E-state index in [1.165, 1.54) is 7.11 Å².